The third-order valence-electron chi connectivity index (χ3n) is 2.16. The van der Waals surface area contributed by atoms with Gasteiger partial charge in [0.15, 0.2) is 0 Å². The Morgan fingerprint density at radius 1 is 1.18 bits per heavy atom. The smallest absolute Gasteiger partial charge is 0.263 e. The van der Waals surface area contributed by atoms with E-state index in [4.69, 9.17) is 5.11 Å². The predicted molar refractivity (Wildman–Crippen MR) is 67.5 cm³/mol. The molecule has 0 atom stereocenters. The Morgan fingerprint density at radius 2 is 1.88 bits per heavy atom. The van der Waals surface area contributed by atoms with E-state index in [2.05, 4.69) is 4.72 Å². The fourth-order valence-corrected chi connectivity index (χ4v) is 3.75. The first-order chi connectivity index (χ1) is 8.13. The van der Waals surface area contributed by atoms with Gasteiger partial charge in [0.25, 0.3) is 10.0 Å². The van der Waals surface area contributed by atoms with Crippen LogP contribution in [0.3, 0.4) is 0 Å². The first-order valence-electron chi connectivity index (χ1n) is 4.88. The summed E-state index contributed by atoms with van der Waals surface area (Å²) < 4.78 is 26.5. The number of benzene rings is 1. The summed E-state index contributed by atoms with van der Waals surface area (Å²) in [5.74, 6) is 0. The van der Waals surface area contributed by atoms with Crippen molar-refractivity contribution in [2.45, 2.75) is 11.5 Å². The zero-order valence-corrected chi connectivity index (χ0v) is 10.5. The molecule has 0 aliphatic heterocycles. The highest BCUT2D eigenvalue weighted by molar-refractivity contribution is 7.93. The molecule has 0 fully saturated rings. The molecule has 0 saturated carbocycles. The number of rotatable bonds is 4. The summed E-state index contributed by atoms with van der Waals surface area (Å²) in [6, 6.07) is 10.1. The van der Waals surface area contributed by atoms with E-state index in [0.29, 0.717) is 10.6 Å². The van der Waals surface area contributed by atoms with Crippen molar-refractivity contribution in [2.24, 2.45) is 0 Å². The van der Waals surface area contributed by atoms with E-state index in [1.54, 1.807) is 29.6 Å². The molecule has 0 bridgehead atoms. The lowest BCUT2D eigenvalue weighted by Crippen LogP contribution is -2.13. The van der Waals surface area contributed by atoms with E-state index in [1.807, 2.05) is 6.07 Å². The van der Waals surface area contributed by atoms with Crippen molar-refractivity contribution < 1.29 is 13.5 Å². The van der Waals surface area contributed by atoms with Gasteiger partial charge in [-0.25, -0.2) is 8.42 Å². The summed E-state index contributed by atoms with van der Waals surface area (Å²) in [6.45, 7) is -0.275. The van der Waals surface area contributed by atoms with Gasteiger partial charge in [-0.3, -0.25) is 4.72 Å². The SMILES string of the molecule is O=S(=O)(Nc1ccccc1)c1ccsc1CO. The molecule has 1 aromatic heterocycles. The van der Waals surface area contributed by atoms with Crippen LogP contribution in [0.2, 0.25) is 0 Å². The van der Waals surface area contributed by atoms with Crippen LogP contribution >= 0.6 is 11.3 Å². The van der Waals surface area contributed by atoms with Gasteiger partial charge >= 0.3 is 0 Å². The van der Waals surface area contributed by atoms with Crippen LogP contribution in [0, 0.1) is 0 Å². The maximum absolute atomic E-state index is 12.0. The fourth-order valence-electron chi connectivity index (χ4n) is 1.40. The number of thiophene rings is 1. The zero-order valence-electron chi connectivity index (χ0n) is 8.83. The van der Waals surface area contributed by atoms with Gasteiger partial charge in [0.05, 0.1) is 11.5 Å². The number of nitrogens with one attached hydrogen (secondary N) is 1. The molecule has 4 nitrogen and oxygen atoms in total. The largest absolute Gasteiger partial charge is 0.391 e. The van der Waals surface area contributed by atoms with Gasteiger partial charge in [-0.15, -0.1) is 11.3 Å². The van der Waals surface area contributed by atoms with Crippen LogP contribution in [-0.4, -0.2) is 13.5 Å². The van der Waals surface area contributed by atoms with Crippen molar-refractivity contribution >= 4 is 27.0 Å². The number of aliphatic hydroxyl groups is 1. The summed E-state index contributed by atoms with van der Waals surface area (Å²) in [6.07, 6.45) is 0. The maximum atomic E-state index is 12.0. The minimum Gasteiger partial charge on any atom is -0.391 e. The summed E-state index contributed by atoms with van der Waals surface area (Å²) in [7, 11) is -3.61. The molecule has 0 unspecified atom stereocenters. The first-order valence-corrected chi connectivity index (χ1v) is 7.25. The Hall–Kier alpha value is -1.37. The van der Waals surface area contributed by atoms with Gasteiger partial charge in [-0.1, -0.05) is 18.2 Å². The van der Waals surface area contributed by atoms with Crippen molar-refractivity contribution in [3.05, 3.63) is 46.7 Å². The molecule has 17 heavy (non-hydrogen) atoms. The van der Waals surface area contributed by atoms with Gasteiger partial charge in [-0.2, -0.15) is 0 Å². The van der Waals surface area contributed by atoms with Crippen molar-refractivity contribution in [1.29, 1.82) is 0 Å². The molecular formula is C11H11NO3S2. The van der Waals surface area contributed by atoms with Crippen molar-refractivity contribution in [3.63, 3.8) is 0 Å². The summed E-state index contributed by atoms with van der Waals surface area (Å²) in [5.41, 5.74) is 0.502. The Balaban J connectivity index is 2.32. The molecule has 2 aromatic rings. The molecule has 2 rings (SSSR count). The third-order valence-corrected chi connectivity index (χ3v) is 4.66. The Bertz CT molecular complexity index is 590. The molecule has 1 aromatic carbocycles. The highest BCUT2D eigenvalue weighted by atomic mass is 32.2. The molecule has 6 heteroatoms. The monoisotopic (exact) mass is 269 g/mol. The lowest BCUT2D eigenvalue weighted by atomic mass is 10.3. The number of sulfonamides is 1. The molecule has 0 amide bonds. The number of hydrogen-bond donors (Lipinski definition) is 2. The molecule has 0 saturated heterocycles. The molecule has 90 valence electrons. The van der Waals surface area contributed by atoms with Crippen molar-refractivity contribution in [3.8, 4) is 0 Å². The number of aliphatic hydroxyl groups excluding tert-OH is 1. The zero-order chi connectivity index (χ0) is 12.3. The fraction of sp³-hybridized carbons (Fsp3) is 0.0909. The maximum Gasteiger partial charge on any atom is 0.263 e. The van der Waals surface area contributed by atoms with Crippen LogP contribution in [0.4, 0.5) is 5.69 Å². The minimum atomic E-state index is -3.61. The minimum absolute atomic E-state index is 0.133. The normalized spacial score (nSPS) is 11.4. The average Bonchev–Trinajstić information content (AvgIpc) is 2.78. The van der Waals surface area contributed by atoms with Gasteiger partial charge in [-0.05, 0) is 23.6 Å². The van der Waals surface area contributed by atoms with Crippen LogP contribution in [0.5, 0.6) is 0 Å². The van der Waals surface area contributed by atoms with E-state index in [0.717, 1.165) is 0 Å². The lowest BCUT2D eigenvalue weighted by molar-refractivity contribution is 0.282. The second kappa shape index (κ2) is 4.87. The van der Waals surface area contributed by atoms with Crippen LogP contribution < -0.4 is 4.72 Å². The Morgan fingerprint density at radius 3 is 2.53 bits per heavy atom. The molecular weight excluding hydrogens is 258 g/mol. The highest BCUT2D eigenvalue weighted by Crippen LogP contribution is 2.24. The standard InChI is InChI=1S/C11H11NO3S2/c13-8-10-11(6-7-16-10)17(14,15)12-9-4-2-1-3-5-9/h1-7,12-13H,8H2. The van der Waals surface area contributed by atoms with Crippen LogP contribution in [0.1, 0.15) is 4.88 Å². The summed E-state index contributed by atoms with van der Waals surface area (Å²) in [5, 5.41) is 10.7. The second-order valence-electron chi connectivity index (χ2n) is 3.34. The van der Waals surface area contributed by atoms with E-state index < -0.39 is 10.0 Å². The number of hydrogen-bond acceptors (Lipinski definition) is 4. The van der Waals surface area contributed by atoms with Gasteiger partial charge < -0.3 is 5.11 Å². The van der Waals surface area contributed by atoms with Crippen LogP contribution in [0.15, 0.2) is 46.7 Å². The van der Waals surface area contributed by atoms with Crippen molar-refractivity contribution in [2.75, 3.05) is 4.72 Å². The molecule has 0 spiro atoms. The number of anilines is 1. The highest BCUT2D eigenvalue weighted by Gasteiger charge is 2.19. The molecule has 1 heterocycles. The van der Waals surface area contributed by atoms with Gasteiger partial charge in [0.1, 0.15) is 4.90 Å². The van der Waals surface area contributed by atoms with E-state index >= 15 is 0 Å². The Labute approximate surface area is 104 Å². The van der Waals surface area contributed by atoms with Crippen molar-refractivity contribution in [1.82, 2.24) is 0 Å². The van der Waals surface area contributed by atoms with Gasteiger partial charge in [0.2, 0.25) is 0 Å². The second-order valence-corrected chi connectivity index (χ2v) is 5.99. The molecule has 0 aliphatic carbocycles. The topological polar surface area (TPSA) is 66.4 Å². The predicted octanol–water partition coefficient (Wildman–Crippen LogP) is 2.04. The molecule has 0 aliphatic rings. The quantitative estimate of drug-likeness (QED) is 0.892. The first kappa shape index (κ1) is 12.1. The van der Waals surface area contributed by atoms with E-state index in [-0.39, 0.29) is 11.5 Å². The molecule has 2 N–H and O–H groups in total. The van der Waals surface area contributed by atoms with Gasteiger partial charge in [0, 0.05) is 5.69 Å². The molecule has 0 radical (unpaired) electrons. The van der Waals surface area contributed by atoms with Crippen LogP contribution in [-0.2, 0) is 16.6 Å². The lowest BCUT2D eigenvalue weighted by Gasteiger charge is -2.07. The van der Waals surface area contributed by atoms with E-state index in [1.165, 1.54) is 17.4 Å². The Kier molecular flexibility index (Phi) is 3.46. The average molecular weight is 269 g/mol. The van der Waals surface area contributed by atoms with E-state index in [9.17, 15) is 8.42 Å². The third kappa shape index (κ3) is 2.66. The summed E-state index contributed by atoms with van der Waals surface area (Å²) >= 11 is 1.22. The summed E-state index contributed by atoms with van der Waals surface area (Å²) in [4.78, 5) is 0.572. The number of para-hydroxylation sites is 1. The van der Waals surface area contributed by atoms with Crippen LogP contribution in [0.25, 0.3) is 0 Å².